The number of amides is 2. The number of aromatic nitrogens is 1. The summed E-state index contributed by atoms with van der Waals surface area (Å²) in [7, 11) is -1.41. The van der Waals surface area contributed by atoms with Crippen LogP contribution in [0.15, 0.2) is 48.5 Å². The summed E-state index contributed by atoms with van der Waals surface area (Å²) >= 11 is 0. The molecule has 3 rings (SSSR count). The monoisotopic (exact) mass is 525 g/mol. The van der Waals surface area contributed by atoms with Crippen molar-refractivity contribution in [2.45, 2.75) is 58.3 Å². The van der Waals surface area contributed by atoms with Gasteiger partial charge in [0, 0.05) is 5.56 Å². The third kappa shape index (κ3) is 7.86. The van der Waals surface area contributed by atoms with Crippen LogP contribution in [0.4, 0.5) is 0 Å². The van der Waals surface area contributed by atoms with Crippen molar-refractivity contribution < 1.29 is 38.3 Å². The molecular weight excluding hydrogens is 493 g/mol. The maximum absolute atomic E-state index is 13.2. The van der Waals surface area contributed by atoms with E-state index in [4.69, 9.17) is 14.0 Å². The van der Waals surface area contributed by atoms with Gasteiger partial charge in [-0.3, -0.25) is 19.2 Å². The van der Waals surface area contributed by atoms with Crippen molar-refractivity contribution in [2.24, 2.45) is 5.92 Å². The summed E-state index contributed by atoms with van der Waals surface area (Å²) in [5.41, 5.74) is 1.44. The van der Waals surface area contributed by atoms with E-state index in [0.29, 0.717) is 5.69 Å². The summed E-state index contributed by atoms with van der Waals surface area (Å²) in [6.45, 7) is 6.09. The van der Waals surface area contributed by atoms with Gasteiger partial charge in [0.25, 0.3) is 5.91 Å². The molecule has 4 atom stereocenters. The molecule has 0 aliphatic carbocycles. The highest BCUT2D eigenvalue weighted by Crippen LogP contribution is 2.17. The van der Waals surface area contributed by atoms with Crippen molar-refractivity contribution in [2.75, 3.05) is 6.61 Å². The smallest absolute Gasteiger partial charge is 0.496 e. The van der Waals surface area contributed by atoms with Gasteiger partial charge in [0.2, 0.25) is 5.91 Å². The fourth-order valence-corrected chi connectivity index (χ4v) is 3.79. The number of rotatable bonds is 9. The van der Waals surface area contributed by atoms with Gasteiger partial charge in [-0.25, -0.2) is 4.98 Å². The van der Waals surface area contributed by atoms with Crippen molar-refractivity contribution in [3.8, 4) is 11.3 Å². The summed E-state index contributed by atoms with van der Waals surface area (Å²) in [6.07, 6.45) is -2.01. The summed E-state index contributed by atoms with van der Waals surface area (Å²) in [4.78, 5) is 55.0. The van der Waals surface area contributed by atoms with E-state index in [9.17, 15) is 24.3 Å². The Balaban J connectivity index is 1.77. The zero-order valence-electron chi connectivity index (χ0n) is 21.7. The van der Waals surface area contributed by atoms with E-state index < -0.39 is 61.7 Å². The third-order valence-corrected chi connectivity index (χ3v) is 5.75. The maximum Gasteiger partial charge on any atom is 0.622 e. The molecule has 2 aromatic rings. The lowest BCUT2D eigenvalue weighted by Gasteiger charge is -2.29. The minimum atomic E-state index is -1.41. The molecule has 11 nitrogen and oxygen atoms in total. The lowest BCUT2D eigenvalue weighted by atomic mass is 9.73. The van der Waals surface area contributed by atoms with Crippen LogP contribution in [0.2, 0.25) is 0 Å². The summed E-state index contributed by atoms with van der Waals surface area (Å²) in [6, 6.07) is 12.8. The van der Waals surface area contributed by atoms with E-state index >= 15 is 0 Å². The van der Waals surface area contributed by atoms with Crippen molar-refractivity contribution >= 4 is 30.9 Å². The first-order valence-electron chi connectivity index (χ1n) is 12.4. The predicted molar refractivity (Wildman–Crippen MR) is 137 cm³/mol. The van der Waals surface area contributed by atoms with Gasteiger partial charge in [-0.15, -0.1) is 0 Å². The highest BCUT2D eigenvalue weighted by atomic mass is 16.7. The van der Waals surface area contributed by atoms with E-state index in [2.05, 4.69) is 15.6 Å². The largest absolute Gasteiger partial charge is 0.622 e. The summed E-state index contributed by atoms with van der Waals surface area (Å²) < 4.78 is 15.6. The van der Waals surface area contributed by atoms with Gasteiger partial charge in [0.1, 0.15) is 18.3 Å². The van der Waals surface area contributed by atoms with Gasteiger partial charge in [0.05, 0.1) is 17.7 Å². The van der Waals surface area contributed by atoms with E-state index in [1.165, 1.54) is 19.9 Å². The lowest BCUT2D eigenvalue weighted by molar-refractivity contribution is -0.160. The number of ether oxygens (including phenoxy) is 1. The van der Waals surface area contributed by atoms with Crippen LogP contribution in [0.3, 0.4) is 0 Å². The molecule has 12 heteroatoms. The molecular formula is C26H32BN3O8. The quantitative estimate of drug-likeness (QED) is 0.411. The Kier molecular flexibility index (Phi) is 9.97. The van der Waals surface area contributed by atoms with Crippen LogP contribution in [-0.2, 0) is 28.4 Å². The number of carbonyl (C=O) groups is 4. The minimum Gasteiger partial charge on any atom is -0.496 e. The second-order valence-corrected chi connectivity index (χ2v) is 9.46. The number of hydrogen-bond acceptors (Lipinski definition) is 9. The van der Waals surface area contributed by atoms with Crippen LogP contribution >= 0.6 is 0 Å². The molecule has 3 N–H and O–H groups in total. The number of carbonyl (C=O) groups excluding carboxylic acids is 4. The molecule has 0 spiro atoms. The second-order valence-electron chi connectivity index (χ2n) is 9.46. The molecule has 202 valence electrons. The number of nitrogens with one attached hydrogen (secondary N) is 2. The topological polar surface area (TPSA) is 153 Å². The summed E-state index contributed by atoms with van der Waals surface area (Å²) in [5, 5.41) is 15.5. The molecule has 0 unspecified atom stereocenters. The molecule has 1 saturated heterocycles. The van der Waals surface area contributed by atoms with E-state index in [1.54, 1.807) is 12.1 Å². The average molecular weight is 525 g/mol. The second kappa shape index (κ2) is 13.2. The Morgan fingerprint density at radius 2 is 1.76 bits per heavy atom. The third-order valence-electron chi connectivity index (χ3n) is 5.75. The molecule has 2 amide bonds. The van der Waals surface area contributed by atoms with Crippen LogP contribution in [0.1, 0.15) is 44.6 Å². The maximum atomic E-state index is 13.2. The lowest BCUT2D eigenvalue weighted by Crippen LogP contribution is -2.59. The molecule has 1 aromatic carbocycles. The standard InChI is InChI=1S/C26H32BN3O8/c1-15(2)13-21(27-37-22(32)14-36-17(4)26(35)38-27)29-25(34)23(16(3)31)30-24(33)20-12-8-11-19(28-20)18-9-6-5-7-10-18/h5-12,15-17,21,23,31H,13-14H2,1-4H3,(H,29,34)(H,30,33)/t16-,17-,21+,23+/m1/s1. The minimum absolute atomic E-state index is 0.00124. The Hall–Kier alpha value is -3.77. The Morgan fingerprint density at radius 3 is 2.42 bits per heavy atom. The number of aliphatic hydroxyl groups is 1. The molecule has 1 fully saturated rings. The van der Waals surface area contributed by atoms with Crippen LogP contribution in [0.25, 0.3) is 11.3 Å². The van der Waals surface area contributed by atoms with Crippen LogP contribution in [0.5, 0.6) is 0 Å². The van der Waals surface area contributed by atoms with Crippen molar-refractivity contribution in [3.63, 3.8) is 0 Å². The first-order valence-corrected chi connectivity index (χ1v) is 12.4. The van der Waals surface area contributed by atoms with Crippen LogP contribution in [-0.4, -0.2) is 71.8 Å². The Labute approximate surface area is 221 Å². The number of hydrogen-bond donors (Lipinski definition) is 3. The molecule has 2 heterocycles. The fraction of sp³-hybridized carbons (Fsp3) is 0.423. The first kappa shape index (κ1) is 28.8. The van der Waals surface area contributed by atoms with Crippen molar-refractivity contribution in [3.05, 3.63) is 54.2 Å². The van der Waals surface area contributed by atoms with Gasteiger partial charge in [-0.2, -0.15) is 0 Å². The Bertz CT molecular complexity index is 1140. The summed E-state index contributed by atoms with van der Waals surface area (Å²) in [5.74, 6) is -3.88. The molecule has 1 aliphatic heterocycles. The molecule has 0 radical (unpaired) electrons. The molecule has 38 heavy (non-hydrogen) atoms. The van der Waals surface area contributed by atoms with Gasteiger partial charge in [0.15, 0.2) is 6.10 Å². The van der Waals surface area contributed by atoms with E-state index in [0.717, 1.165) is 5.56 Å². The van der Waals surface area contributed by atoms with Crippen molar-refractivity contribution in [1.29, 1.82) is 0 Å². The molecule has 1 aromatic heterocycles. The highest BCUT2D eigenvalue weighted by molar-refractivity contribution is 6.51. The van der Waals surface area contributed by atoms with Crippen molar-refractivity contribution in [1.82, 2.24) is 15.6 Å². The highest BCUT2D eigenvalue weighted by Gasteiger charge is 2.43. The number of benzene rings is 1. The van der Waals surface area contributed by atoms with Gasteiger partial charge < -0.3 is 29.8 Å². The predicted octanol–water partition coefficient (Wildman–Crippen LogP) is 1.29. The van der Waals surface area contributed by atoms with Gasteiger partial charge in [-0.05, 0) is 38.3 Å². The van der Waals surface area contributed by atoms with Gasteiger partial charge in [-0.1, -0.05) is 50.2 Å². The zero-order chi connectivity index (χ0) is 27.8. The van der Waals surface area contributed by atoms with Gasteiger partial charge >= 0.3 is 19.1 Å². The number of nitrogens with zero attached hydrogens (tertiary/aromatic N) is 1. The van der Waals surface area contributed by atoms with Crippen LogP contribution in [0, 0.1) is 5.92 Å². The zero-order valence-corrected chi connectivity index (χ0v) is 21.7. The van der Waals surface area contributed by atoms with Crippen LogP contribution < -0.4 is 10.6 Å². The molecule has 0 bridgehead atoms. The van der Waals surface area contributed by atoms with E-state index in [1.807, 2.05) is 44.2 Å². The van der Waals surface area contributed by atoms with E-state index in [-0.39, 0.29) is 18.0 Å². The average Bonchev–Trinajstić information content (AvgIpc) is 2.88. The molecule has 1 aliphatic rings. The normalized spacial score (nSPS) is 18.4. The Morgan fingerprint density at radius 1 is 1.05 bits per heavy atom. The first-order chi connectivity index (χ1) is 18.0. The fourth-order valence-electron chi connectivity index (χ4n) is 3.79. The number of pyridine rings is 1. The number of aliphatic hydroxyl groups excluding tert-OH is 1. The molecule has 0 saturated carbocycles. The SMILES string of the molecule is CC(C)C[C@H](NC(=O)[C@@H](NC(=O)c1cccc(-c2ccccc2)n1)[C@@H](C)O)B1OC(=O)CO[C@H](C)C(=O)O1.